The molecule has 23 heavy (non-hydrogen) atoms. The quantitative estimate of drug-likeness (QED) is 0.622. The second-order valence-electron chi connectivity index (χ2n) is 5.23. The van der Waals surface area contributed by atoms with Crippen molar-refractivity contribution in [2.75, 3.05) is 6.61 Å². The van der Waals surface area contributed by atoms with Gasteiger partial charge in [-0.1, -0.05) is 30.3 Å². The standard InChI is InChI=1S/C17H13F3O3/c18-17(19,20)13-6-2-4-8-15(13)23-16(21)12-9-11-5-1-3-7-14(11)22-10-12/h1-8,12H,9-10H2. The van der Waals surface area contributed by atoms with Crippen LogP contribution in [0.5, 0.6) is 11.5 Å². The molecule has 0 aliphatic carbocycles. The van der Waals surface area contributed by atoms with Crippen molar-refractivity contribution < 1.29 is 27.4 Å². The maximum Gasteiger partial charge on any atom is 0.419 e. The first-order valence-electron chi connectivity index (χ1n) is 7.04. The molecule has 0 radical (unpaired) electrons. The number of carbonyl (C=O) groups is 1. The van der Waals surface area contributed by atoms with E-state index in [4.69, 9.17) is 9.47 Å². The van der Waals surface area contributed by atoms with Gasteiger partial charge in [0.25, 0.3) is 0 Å². The van der Waals surface area contributed by atoms with Crippen molar-refractivity contribution in [1.29, 1.82) is 0 Å². The summed E-state index contributed by atoms with van der Waals surface area (Å²) >= 11 is 0. The highest BCUT2D eigenvalue weighted by Gasteiger charge is 2.36. The minimum absolute atomic E-state index is 0.0873. The van der Waals surface area contributed by atoms with Crippen molar-refractivity contribution >= 4 is 5.97 Å². The molecule has 1 heterocycles. The minimum Gasteiger partial charge on any atom is -0.492 e. The molecule has 2 aromatic rings. The fourth-order valence-corrected chi connectivity index (χ4v) is 2.46. The number of ether oxygens (including phenoxy) is 2. The molecule has 1 unspecified atom stereocenters. The second kappa shape index (κ2) is 5.95. The summed E-state index contributed by atoms with van der Waals surface area (Å²) < 4.78 is 49.2. The van der Waals surface area contributed by atoms with Crippen LogP contribution in [-0.2, 0) is 17.4 Å². The lowest BCUT2D eigenvalue weighted by Gasteiger charge is -2.24. The SMILES string of the molecule is O=C(Oc1ccccc1C(F)(F)F)C1COc2ccccc2C1. The van der Waals surface area contributed by atoms with Gasteiger partial charge in [0.05, 0.1) is 11.5 Å². The van der Waals surface area contributed by atoms with Crippen molar-refractivity contribution in [3.05, 3.63) is 59.7 Å². The zero-order valence-corrected chi connectivity index (χ0v) is 12.0. The number of carbonyl (C=O) groups excluding carboxylic acids is 1. The Labute approximate surface area is 130 Å². The lowest BCUT2D eigenvalue weighted by molar-refractivity contribution is -0.145. The zero-order chi connectivity index (χ0) is 16.4. The second-order valence-corrected chi connectivity index (χ2v) is 5.23. The summed E-state index contributed by atoms with van der Waals surface area (Å²) in [6.07, 6.45) is -4.20. The van der Waals surface area contributed by atoms with Gasteiger partial charge in [0.1, 0.15) is 18.1 Å². The lowest BCUT2D eigenvalue weighted by atomic mass is 9.97. The Kier molecular flexibility index (Phi) is 3.98. The fraction of sp³-hybridized carbons (Fsp3) is 0.235. The third kappa shape index (κ3) is 3.31. The number of rotatable bonds is 2. The normalized spacial score (nSPS) is 17.1. The smallest absolute Gasteiger partial charge is 0.419 e. The summed E-state index contributed by atoms with van der Waals surface area (Å²) in [5.74, 6) is -1.15. The van der Waals surface area contributed by atoms with Gasteiger partial charge in [0.15, 0.2) is 0 Å². The van der Waals surface area contributed by atoms with E-state index in [1.54, 1.807) is 6.07 Å². The number of halogens is 3. The number of hydrogen-bond acceptors (Lipinski definition) is 3. The molecule has 0 spiro atoms. The first kappa shape index (κ1) is 15.4. The fourth-order valence-electron chi connectivity index (χ4n) is 2.46. The Morgan fingerprint density at radius 3 is 2.57 bits per heavy atom. The summed E-state index contributed by atoms with van der Waals surface area (Å²) in [5.41, 5.74) is -0.129. The van der Waals surface area contributed by atoms with E-state index >= 15 is 0 Å². The van der Waals surface area contributed by atoms with E-state index in [0.29, 0.717) is 12.2 Å². The van der Waals surface area contributed by atoms with Crippen LogP contribution in [0.25, 0.3) is 0 Å². The van der Waals surface area contributed by atoms with E-state index in [2.05, 4.69) is 0 Å². The third-order valence-electron chi connectivity index (χ3n) is 3.62. The van der Waals surface area contributed by atoms with Crippen molar-refractivity contribution in [1.82, 2.24) is 0 Å². The average Bonchev–Trinajstić information content (AvgIpc) is 2.54. The lowest BCUT2D eigenvalue weighted by Crippen LogP contribution is -2.31. The molecule has 0 bridgehead atoms. The van der Waals surface area contributed by atoms with Crippen molar-refractivity contribution in [3.63, 3.8) is 0 Å². The third-order valence-corrected chi connectivity index (χ3v) is 3.62. The monoisotopic (exact) mass is 322 g/mol. The van der Waals surface area contributed by atoms with Crippen LogP contribution in [0.4, 0.5) is 13.2 Å². The van der Waals surface area contributed by atoms with Crippen molar-refractivity contribution in [2.24, 2.45) is 5.92 Å². The molecular weight excluding hydrogens is 309 g/mol. The summed E-state index contributed by atoms with van der Waals surface area (Å²) in [6, 6.07) is 11.9. The molecule has 1 aliphatic rings. The maximum absolute atomic E-state index is 12.9. The van der Waals surface area contributed by atoms with Crippen LogP contribution in [0.1, 0.15) is 11.1 Å². The van der Waals surface area contributed by atoms with E-state index in [1.165, 1.54) is 12.1 Å². The number of hydrogen-bond donors (Lipinski definition) is 0. The molecule has 0 N–H and O–H groups in total. The Morgan fingerprint density at radius 2 is 1.78 bits per heavy atom. The predicted octanol–water partition coefficient (Wildman–Crippen LogP) is 3.86. The van der Waals surface area contributed by atoms with Crippen LogP contribution in [-0.4, -0.2) is 12.6 Å². The minimum atomic E-state index is -4.58. The molecular formula is C17H13F3O3. The largest absolute Gasteiger partial charge is 0.492 e. The van der Waals surface area contributed by atoms with Crippen LogP contribution in [0.15, 0.2) is 48.5 Å². The van der Waals surface area contributed by atoms with Gasteiger partial charge in [0, 0.05) is 0 Å². The van der Waals surface area contributed by atoms with Gasteiger partial charge in [-0.25, -0.2) is 0 Å². The highest BCUT2D eigenvalue weighted by atomic mass is 19.4. The Hall–Kier alpha value is -2.50. The van der Waals surface area contributed by atoms with Crippen molar-refractivity contribution in [3.8, 4) is 11.5 Å². The molecule has 2 aromatic carbocycles. The van der Waals surface area contributed by atoms with E-state index < -0.39 is 29.4 Å². The maximum atomic E-state index is 12.9. The summed E-state index contributed by atoms with van der Waals surface area (Å²) in [4.78, 5) is 12.2. The molecule has 0 fully saturated rings. The Morgan fingerprint density at radius 1 is 1.09 bits per heavy atom. The number of alkyl halides is 3. The highest BCUT2D eigenvalue weighted by molar-refractivity contribution is 5.76. The summed E-state index contributed by atoms with van der Waals surface area (Å²) in [5, 5.41) is 0. The summed E-state index contributed by atoms with van der Waals surface area (Å²) in [6.45, 7) is 0.0873. The van der Waals surface area contributed by atoms with Gasteiger partial charge in [-0.3, -0.25) is 4.79 Å². The van der Waals surface area contributed by atoms with Crippen LogP contribution >= 0.6 is 0 Å². The van der Waals surface area contributed by atoms with E-state index in [1.807, 2.05) is 18.2 Å². The van der Waals surface area contributed by atoms with Gasteiger partial charge in [-0.15, -0.1) is 0 Å². The molecule has 3 nitrogen and oxygen atoms in total. The van der Waals surface area contributed by atoms with Crippen LogP contribution < -0.4 is 9.47 Å². The molecule has 120 valence electrons. The summed E-state index contributed by atoms with van der Waals surface area (Å²) in [7, 11) is 0. The van der Waals surface area contributed by atoms with Crippen molar-refractivity contribution in [2.45, 2.75) is 12.6 Å². The van der Waals surface area contributed by atoms with Gasteiger partial charge in [-0.05, 0) is 30.2 Å². The number of para-hydroxylation sites is 2. The first-order chi connectivity index (χ1) is 10.9. The van der Waals surface area contributed by atoms with Gasteiger partial charge in [-0.2, -0.15) is 13.2 Å². The number of esters is 1. The van der Waals surface area contributed by atoms with Crippen LogP contribution in [0, 0.1) is 5.92 Å². The molecule has 1 aliphatic heterocycles. The molecule has 0 saturated carbocycles. The Balaban J connectivity index is 1.76. The van der Waals surface area contributed by atoms with Gasteiger partial charge in [0.2, 0.25) is 0 Å². The number of fused-ring (bicyclic) bond motifs is 1. The topological polar surface area (TPSA) is 35.5 Å². The first-order valence-corrected chi connectivity index (χ1v) is 7.04. The van der Waals surface area contributed by atoms with E-state index in [9.17, 15) is 18.0 Å². The van der Waals surface area contributed by atoms with Crippen LogP contribution in [0.2, 0.25) is 0 Å². The van der Waals surface area contributed by atoms with E-state index in [-0.39, 0.29) is 6.61 Å². The molecule has 0 saturated heterocycles. The average molecular weight is 322 g/mol. The zero-order valence-electron chi connectivity index (χ0n) is 12.0. The molecule has 1 atom stereocenters. The molecule has 6 heteroatoms. The highest BCUT2D eigenvalue weighted by Crippen LogP contribution is 2.36. The van der Waals surface area contributed by atoms with Crippen LogP contribution in [0.3, 0.4) is 0 Å². The molecule has 3 rings (SSSR count). The number of benzene rings is 2. The van der Waals surface area contributed by atoms with E-state index in [0.717, 1.165) is 17.7 Å². The van der Waals surface area contributed by atoms with Gasteiger partial charge < -0.3 is 9.47 Å². The molecule has 0 amide bonds. The van der Waals surface area contributed by atoms with Gasteiger partial charge >= 0.3 is 12.1 Å². The molecule has 0 aromatic heterocycles. The predicted molar refractivity (Wildman–Crippen MR) is 76.2 cm³/mol. The Bertz CT molecular complexity index is 725.